The molecule has 1 saturated heterocycles. The molecule has 1 aliphatic rings. The lowest BCUT2D eigenvalue weighted by atomic mass is 10.1. The minimum absolute atomic E-state index is 0.254. The summed E-state index contributed by atoms with van der Waals surface area (Å²) in [7, 11) is 0. The monoisotopic (exact) mass is 299 g/mol. The Balaban J connectivity index is 1.75. The van der Waals surface area contributed by atoms with Crippen molar-refractivity contribution in [3.05, 3.63) is 47.3 Å². The number of aromatic nitrogens is 1. The Bertz CT molecular complexity index is 689. The fourth-order valence-corrected chi connectivity index (χ4v) is 2.69. The van der Waals surface area contributed by atoms with Crippen molar-refractivity contribution in [1.29, 1.82) is 0 Å². The van der Waals surface area contributed by atoms with Crippen molar-refractivity contribution in [1.82, 2.24) is 10.5 Å². The second-order valence-electron chi connectivity index (χ2n) is 5.37. The van der Waals surface area contributed by atoms with E-state index in [0.717, 1.165) is 16.9 Å². The van der Waals surface area contributed by atoms with Crippen molar-refractivity contribution >= 4 is 17.6 Å². The van der Waals surface area contributed by atoms with Gasteiger partial charge in [-0.1, -0.05) is 35.5 Å². The molecule has 3 rings (SSSR count). The van der Waals surface area contributed by atoms with Crippen LogP contribution in [0.2, 0.25) is 0 Å². The number of imide groups is 1. The maximum Gasteiger partial charge on any atom is 0.329 e. The van der Waals surface area contributed by atoms with Gasteiger partial charge >= 0.3 is 6.03 Å². The predicted molar refractivity (Wildman–Crippen MR) is 80.5 cm³/mol. The summed E-state index contributed by atoms with van der Waals surface area (Å²) in [6.45, 7) is 3.40. The van der Waals surface area contributed by atoms with Crippen molar-refractivity contribution in [2.45, 2.75) is 32.7 Å². The van der Waals surface area contributed by atoms with Crippen LogP contribution in [-0.4, -0.2) is 23.1 Å². The van der Waals surface area contributed by atoms with Gasteiger partial charge in [-0.05, 0) is 32.3 Å². The molecule has 3 amide bonds. The zero-order valence-corrected chi connectivity index (χ0v) is 12.5. The first-order chi connectivity index (χ1) is 10.6. The number of hydrogen-bond acceptors (Lipinski definition) is 4. The van der Waals surface area contributed by atoms with Crippen molar-refractivity contribution in [2.75, 3.05) is 4.90 Å². The SMILES string of the molecule is Cc1noc(C)c1N1C(=O)NC(CCc2ccccc2)C1=O. The molecule has 0 saturated carbocycles. The van der Waals surface area contributed by atoms with Crippen LogP contribution in [0.15, 0.2) is 34.9 Å². The summed E-state index contributed by atoms with van der Waals surface area (Å²) in [6.07, 6.45) is 1.29. The molecule has 22 heavy (non-hydrogen) atoms. The Labute approximate surface area is 128 Å². The number of hydrogen-bond donors (Lipinski definition) is 1. The summed E-state index contributed by atoms with van der Waals surface area (Å²) in [6, 6.07) is 8.95. The van der Waals surface area contributed by atoms with E-state index in [1.807, 2.05) is 30.3 Å². The van der Waals surface area contributed by atoms with Crippen LogP contribution in [0, 0.1) is 13.8 Å². The van der Waals surface area contributed by atoms with Crippen LogP contribution in [0.4, 0.5) is 10.5 Å². The van der Waals surface area contributed by atoms with Gasteiger partial charge in [0.05, 0.1) is 0 Å². The molecule has 0 bridgehead atoms. The third-order valence-electron chi connectivity index (χ3n) is 3.80. The largest absolute Gasteiger partial charge is 0.359 e. The number of rotatable bonds is 4. The van der Waals surface area contributed by atoms with Gasteiger partial charge < -0.3 is 9.84 Å². The smallest absolute Gasteiger partial charge is 0.329 e. The molecule has 6 nitrogen and oxygen atoms in total. The molecule has 6 heteroatoms. The van der Waals surface area contributed by atoms with E-state index in [2.05, 4.69) is 10.5 Å². The maximum absolute atomic E-state index is 12.5. The first kappa shape index (κ1) is 14.3. The quantitative estimate of drug-likeness (QED) is 0.879. The van der Waals surface area contributed by atoms with E-state index in [-0.39, 0.29) is 5.91 Å². The van der Waals surface area contributed by atoms with Crippen LogP contribution < -0.4 is 10.2 Å². The van der Waals surface area contributed by atoms with Gasteiger partial charge in [0.1, 0.15) is 17.4 Å². The van der Waals surface area contributed by atoms with Crippen LogP contribution in [-0.2, 0) is 11.2 Å². The first-order valence-electron chi connectivity index (χ1n) is 7.19. The third-order valence-corrected chi connectivity index (χ3v) is 3.80. The molecule has 2 aromatic rings. The Morgan fingerprint density at radius 3 is 2.59 bits per heavy atom. The lowest BCUT2D eigenvalue weighted by Gasteiger charge is -2.12. The van der Waals surface area contributed by atoms with Crippen LogP contribution in [0.3, 0.4) is 0 Å². The molecule has 1 unspecified atom stereocenters. The number of nitrogens with one attached hydrogen (secondary N) is 1. The average Bonchev–Trinajstić information content (AvgIpc) is 2.98. The second-order valence-corrected chi connectivity index (χ2v) is 5.37. The van der Waals surface area contributed by atoms with E-state index < -0.39 is 12.1 Å². The lowest BCUT2D eigenvalue weighted by Crippen LogP contribution is -2.32. The number of benzene rings is 1. The van der Waals surface area contributed by atoms with Crippen LogP contribution in [0.1, 0.15) is 23.4 Å². The van der Waals surface area contributed by atoms with Gasteiger partial charge in [-0.3, -0.25) is 4.79 Å². The number of urea groups is 1. The minimum atomic E-state index is -0.513. The Hall–Kier alpha value is -2.63. The van der Waals surface area contributed by atoms with Gasteiger partial charge in [0.25, 0.3) is 5.91 Å². The number of nitrogens with zero attached hydrogens (tertiary/aromatic N) is 2. The Morgan fingerprint density at radius 1 is 1.23 bits per heavy atom. The normalized spacial score (nSPS) is 17.9. The zero-order valence-electron chi connectivity index (χ0n) is 12.5. The summed E-state index contributed by atoms with van der Waals surface area (Å²) >= 11 is 0. The molecule has 2 heterocycles. The second kappa shape index (κ2) is 5.63. The number of amides is 3. The van der Waals surface area contributed by atoms with E-state index in [4.69, 9.17) is 4.52 Å². The molecule has 0 radical (unpaired) electrons. The van der Waals surface area contributed by atoms with Gasteiger partial charge in [0.2, 0.25) is 0 Å². The van der Waals surface area contributed by atoms with Crippen molar-refractivity contribution in [2.24, 2.45) is 0 Å². The first-order valence-corrected chi connectivity index (χ1v) is 7.19. The van der Waals surface area contributed by atoms with E-state index in [1.54, 1.807) is 13.8 Å². The van der Waals surface area contributed by atoms with Gasteiger partial charge in [0, 0.05) is 0 Å². The molecular formula is C16H17N3O3. The molecule has 0 spiro atoms. The van der Waals surface area contributed by atoms with Gasteiger partial charge in [-0.15, -0.1) is 0 Å². The molecular weight excluding hydrogens is 282 g/mol. The topological polar surface area (TPSA) is 75.4 Å². The Morgan fingerprint density at radius 2 is 1.95 bits per heavy atom. The number of carbonyl (C=O) groups excluding carboxylic acids is 2. The zero-order chi connectivity index (χ0) is 15.7. The lowest BCUT2D eigenvalue weighted by molar-refractivity contribution is -0.118. The highest BCUT2D eigenvalue weighted by Gasteiger charge is 2.41. The van der Waals surface area contributed by atoms with Gasteiger partial charge in [0.15, 0.2) is 5.76 Å². The molecule has 1 fully saturated rings. The summed E-state index contributed by atoms with van der Waals surface area (Å²) in [4.78, 5) is 25.8. The summed E-state index contributed by atoms with van der Waals surface area (Å²) in [5, 5.41) is 6.53. The summed E-state index contributed by atoms with van der Waals surface area (Å²) in [5.41, 5.74) is 2.12. The predicted octanol–water partition coefficient (Wildman–Crippen LogP) is 2.35. The highest BCUT2D eigenvalue weighted by atomic mass is 16.5. The highest BCUT2D eigenvalue weighted by molar-refractivity contribution is 6.21. The third kappa shape index (κ3) is 2.47. The molecule has 114 valence electrons. The van der Waals surface area contributed by atoms with Gasteiger partial charge in [-0.2, -0.15) is 0 Å². The summed E-state index contributed by atoms with van der Waals surface area (Å²) < 4.78 is 5.05. The van der Waals surface area contributed by atoms with Crippen molar-refractivity contribution in [3.63, 3.8) is 0 Å². The number of carbonyl (C=O) groups is 2. The maximum atomic E-state index is 12.5. The van der Waals surface area contributed by atoms with E-state index >= 15 is 0 Å². The number of aryl methyl sites for hydroxylation is 3. The van der Waals surface area contributed by atoms with Crippen molar-refractivity contribution < 1.29 is 14.1 Å². The molecule has 0 aliphatic carbocycles. The minimum Gasteiger partial charge on any atom is -0.359 e. The van der Waals surface area contributed by atoms with E-state index in [0.29, 0.717) is 23.6 Å². The fraction of sp³-hybridized carbons (Fsp3) is 0.312. The average molecular weight is 299 g/mol. The molecule has 1 atom stereocenters. The summed E-state index contributed by atoms with van der Waals surface area (Å²) in [5.74, 6) is 0.208. The Kier molecular flexibility index (Phi) is 3.66. The van der Waals surface area contributed by atoms with E-state index in [9.17, 15) is 9.59 Å². The van der Waals surface area contributed by atoms with Crippen LogP contribution in [0.5, 0.6) is 0 Å². The van der Waals surface area contributed by atoms with Crippen LogP contribution >= 0.6 is 0 Å². The van der Waals surface area contributed by atoms with Gasteiger partial charge in [-0.25, -0.2) is 9.69 Å². The fourth-order valence-electron chi connectivity index (χ4n) is 2.69. The highest BCUT2D eigenvalue weighted by Crippen LogP contribution is 2.28. The molecule has 1 aromatic carbocycles. The van der Waals surface area contributed by atoms with E-state index in [1.165, 1.54) is 0 Å². The molecule has 1 aliphatic heterocycles. The standard InChI is InChI=1S/C16H17N3O3/c1-10-14(11(2)22-18-10)19-15(20)13(17-16(19)21)9-8-12-6-4-3-5-7-12/h3-7,13H,8-9H2,1-2H3,(H,17,21). The number of anilines is 1. The van der Waals surface area contributed by atoms with Crippen LogP contribution in [0.25, 0.3) is 0 Å². The van der Waals surface area contributed by atoms with Crippen molar-refractivity contribution in [3.8, 4) is 0 Å². The molecule has 1 N–H and O–H groups in total. The molecule has 1 aromatic heterocycles.